The zero-order chi connectivity index (χ0) is 17.9. The Morgan fingerprint density at radius 2 is 1.18 bits per heavy atom. The van der Waals surface area contributed by atoms with Gasteiger partial charge in [-0.1, -0.05) is 6.55 Å². The molecular formula is C14H40O5Si3. The summed E-state index contributed by atoms with van der Waals surface area (Å²) >= 11 is 0. The third kappa shape index (κ3) is 28.6. The monoisotopic (exact) mass is 372 g/mol. The van der Waals surface area contributed by atoms with Crippen LogP contribution in [0.5, 0.6) is 0 Å². The predicted octanol–water partition coefficient (Wildman–Crippen LogP) is 2.83. The van der Waals surface area contributed by atoms with E-state index in [-0.39, 0.29) is 9.76 Å². The predicted molar refractivity (Wildman–Crippen MR) is 103 cm³/mol. The second-order valence-electron chi connectivity index (χ2n) is 4.53. The summed E-state index contributed by atoms with van der Waals surface area (Å²) in [5.74, 6) is 0. The fraction of sp³-hybridized carbons (Fsp3) is 1.00. The molecule has 8 heteroatoms. The Hall–Kier alpha value is 0.451. The van der Waals surface area contributed by atoms with Gasteiger partial charge in [0.1, 0.15) is 0 Å². The maximum absolute atomic E-state index is 5.39. The minimum atomic E-state index is -1.70. The molecule has 0 amide bonds. The summed E-state index contributed by atoms with van der Waals surface area (Å²) in [6, 6.07) is 0. The lowest BCUT2D eigenvalue weighted by Crippen LogP contribution is -2.34. The summed E-state index contributed by atoms with van der Waals surface area (Å²) in [6.45, 7) is 22.3. The van der Waals surface area contributed by atoms with Crippen LogP contribution in [0.15, 0.2) is 0 Å². The van der Waals surface area contributed by atoms with Crippen LogP contribution in [0.1, 0.15) is 34.6 Å². The Morgan fingerprint density at radius 1 is 0.773 bits per heavy atom. The first kappa shape index (κ1) is 27.3. The van der Waals surface area contributed by atoms with Gasteiger partial charge in [-0.05, 0) is 54.3 Å². The van der Waals surface area contributed by atoms with Gasteiger partial charge in [0.25, 0.3) is 0 Å². The molecule has 0 aliphatic heterocycles. The van der Waals surface area contributed by atoms with Gasteiger partial charge in [-0.2, -0.15) is 0 Å². The second kappa shape index (κ2) is 21.5. The lowest BCUT2D eigenvalue weighted by molar-refractivity contribution is 0.196. The summed E-state index contributed by atoms with van der Waals surface area (Å²) in [5, 5.41) is 0. The largest absolute Gasteiger partial charge is 0.425 e. The Labute approximate surface area is 144 Å². The molecule has 0 unspecified atom stereocenters. The molecule has 0 saturated heterocycles. The van der Waals surface area contributed by atoms with E-state index in [1.807, 2.05) is 41.2 Å². The van der Waals surface area contributed by atoms with E-state index in [0.717, 1.165) is 33.0 Å². The lowest BCUT2D eigenvalue weighted by Gasteiger charge is -2.20. The fourth-order valence-electron chi connectivity index (χ4n) is 1.46. The average Bonchev–Trinajstić information content (AvgIpc) is 2.41. The van der Waals surface area contributed by atoms with Gasteiger partial charge in [0.2, 0.25) is 0 Å². The molecule has 0 bridgehead atoms. The number of hydrogen-bond donors (Lipinski definition) is 0. The molecule has 0 N–H and O–H groups in total. The molecule has 0 aromatic carbocycles. The first-order chi connectivity index (χ1) is 10.3. The molecule has 0 aliphatic rings. The second-order valence-corrected chi connectivity index (χ2v) is 10.7. The Morgan fingerprint density at radius 3 is 1.36 bits per heavy atom. The zero-order valence-electron chi connectivity index (χ0n) is 16.4. The minimum Gasteiger partial charge on any atom is -0.425 e. The van der Waals surface area contributed by atoms with E-state index in [1.165, 1.54) is 0 Å². The van der Waals surface area contributed by atoms with Crippen molar-refractivity contribution in [3.63, 3.8) is 0 Å². The smallest absolute Gasteiger partial charge is 0.331 e. The standard InChI is InChI=1S/C6H16O2Si.C5H14O2Si.C3H10OSi/c1-5-7-9(3,4)8-6-2;1-4-6-8(3)7-5-2;1-3-4-5-2/h5-6H2,1-4H3;8H,4-5H2,1-3H3;3,5H2,1-2H3. The van der Waals surface area contributed by atoms with E-state index >= 15 is 0 Å². The van der Waals surface area contributed by atoms with Gasteiger partial charge in [-0.3, -0.25) is 0 Å². The first-order valence-electron chi connectivity index (χ1n) is 8.43. The van der Waals surface area contributed by atoms with Crippen molar-refractivity contribution in [1.82, 2.24) is 0 Å². The van der Waals surface area contributed by atoms with E-state index in [9.17, 15) is 0 Å². The summed E-state index contributed by atoms with van der Waals surface area (Å²) in [7, 11) is -2.99. The van der Waals surface area contributed by atoms with E-state index in [4.69, 9.17) is 22.1 Å². The summed E-state index contributed by atoms with van der Waals surface area (Å²) in [6.07, 6.45) is 0. The van der Waals surface area contributed by atoms with Crippen LogP contribution in [0.2, 0.25) is 26.2 Å². The maximum Gasteiger partial charge on any atom is 0.331 e. The molecular weight excluding hydrogens is 332 g/mol. The van der Waals surface area contributed by atoms with Crippen molar-refractivity contribution in [2.24, 2.45) is 0 Å². The molecule has 0 aromatic rings. The van der Waals surface area contributed by atoms with Crippen LogP contribution < -0.4 is 0 Å². The van der Waals surface area contributed by atoms with Gasteiger partial charge >= 0.3 is 17.8 Å². The van der Waals surface area contributed by atoms with Gasteiger partial charge < -0.3 is 22.1 Å². The molecule has 138 valence electrons. The SMILES string of the molecule is CCO[SiH2]C.CCO[SiH](C)OCC.CCO[Si](C)(C)OCC. The highest BCUT2D eigenvalue weighted by molar-refractivity contribution is 6.64. The minimum absolute atomic E-state index is 0.0860. The number of rotatable bonds is 10. The van der Waals surface area contributed by atoms with E-state index in [0.29, 0.717) is 0 Å². The molecule has 5 nitrogen and oxygen atoms in total. The zero-order valence-corrected chi connectivity index (χ0v) is 19.9. The highest BCUT2D eigenvalue weighted by atomic mass is 28.4. The molecule has 0 rings (SSSR count). The number of hydrogen-bond acceptors (Lipinski definition) is 5. The Balaban J connectivity index is -0.000000257. The van der Waals surface area contributed by atoms with Crippen LogP contribution in [0.25, 0.3) is 0 Å². The van der Waals surface area contributed by atoms with Gasteiger partial charge in [0.05, 0.1) is 0 Å². The highest BCUT2D eigenvalue weighted by Crippen LogP contribution is 2.04. The molecule has 0 aliphatic carbocycles. The fourth-order valence-corrected chi connectivity index (χ4v) is 4.38. The lowest BCUT2D eigenvalue weighted by atomic mass is 10.9. The Bertz CT molecular complexity index is 181. The van der Waals surface area contributed by atoms with Crippen molar-refractivity contribution in [1.29, 1.82) is 0 Å². The average molecular weight is 373 g/mol. The van der Waals surface area contributed by atoms with Crippen molar-refractivity contribution in [2.75, 3.05) is 33.0 Å². The molecule has 0 spiro atoms. The molecule has 0 heterocycles. The van der Waals surface area contributed by atoms with Crippen molar-refractivity contribution in [3.05, 3.63) is 0 Å². The summed E-state index contributed by atoms with van der Waals surface area (Å²) in [4.78, 5) is 0. The van der Waals surface area contributed by atoms with Crippen LogP contribution in [0, 0.1) is 0 Å². The maximum atomic E-state index is 5.39. The first-order valence-corrected chi connectivity index (χ1v) is 15.3. The van der Waals surface area contributed by atoms with Crippen LogP contribution in [0.3, 0.4) is 0 Å². The van der Waals surface area contributed by atoms with Crippen molar-refractivity contribution in [2.45, 2.75) is 60.8 Å². The topological polar surface area (TPSA) is 46.2 Å². The van der Waals surface area contributed by atoms with Crippen molar-refractivity contribution < 1.29 is 22.1 Å². The molecule has 0 radical (unpaired) electrons. The van der Waals surface area contributed by atoms with Crippen molar-refractivity contribution in [3.8, 4) is 0 Å². The van der Waals surface area contributed by atoms with Crippen LogP contribution in [0.4, 0.5) is 0 Å². The third-order valence-electron chi connectivity index (χ3n) is 2.19. The quantitative estimate of drug-likeness (QED) is 0.552. The molecule has 0 saturated carbocycles. The highest BCUT2D eigenvalue weighted by Gasteiger charge is 2.22. The van der Waals surface area contributed by atoms with Crippen LogP contribution >= 0.6 is 0 Å². The molecule has 0 atom stereocenters. The van der Waals surface area contributed by atoms with Gasteiger partial charge in [-0.15, -0.1) is 0 Å². The van der Waals surface area contributed by atoms with Gasteiger partial charge in [0.15, 0.2) is 9.76 Å². The van der Waals surface area contributed by atoms with E-state index in [2.05, 4.69) is 19.6 Å². The molecule has 0 aromatic heterocycles. The van der Waals surface area contributed by atoms with E-state index in [1.54, 1.807) is 0 Å². The van der Waals surface area contributed by atoms with Crippen LogP contribution in [-0.4, -0.2) is 60.6 Å². The van der Waals surface area contributed by atoms with Crippen LogP contribution in [-0.2, 0) is 22.1 Å². The summed E-state index contributed by atoms with van der Waals surface area (Å²) < 4.78 is 26.1. The van der Waals surface area contributed by atoms with Crippen molar-refractivity contribution >= 4 is 27.6 Å². The summed E-state index contributed by atoms with van der Waals surface area (Å²) in [5.41, 5.74) is 0. The third-order valence-corrected chi connectivity index (χ3v) is 6.58. The molecule has 22 heavy (non-hydrogen) atoms. The Kier molecular flexibility index (Phi) is 26.6. The van der Waals surface area contributed by atoms with E-state index < -0.39 is 17.8 Å². The molecule has 0 fully saturated rings. The normalized spacial score (nSPS) is 11.2. The van der Waals surface area contributed by atoms with Gasteiger partial charge in [-0.25, -0.2) is 0 Å². The van der Waals surface area contributed by atoms with Gasteiger partial charge in [0, 0.05) is 33.0 Å².